The summed E-state index contributed by atoms with van der Waals surface area (Å²) in [5.74, 6) is 4.83. The van der Waals surface area contributed by atoms with Gasteiger partial charge in [0.05, 0.1) is 25.4 Å². The molecule has 0 radical (unpaired) electrons. The first-order valence-electron chi connectivity index (χ1n) is 9.67. The Hall–Kier alpha value is 1.94. The van der Waals surface area contributed by atoms with Gasteiger partial charge in [-0.1, -0.05) is 60.9 Å². The van der Waals surface area contributed by atoms with Crippen molar-refractivity contribution >= 4 is 94.1 Å². The molecular weight excluding hydrogens is 501 g/mol. The van der Waals surface area contributed by atoms with Crippen LogP contribution in [0.25, 0.3) is 0 Å². The quantitative estimate of drug-likeness (QED) is 0.372. The maximum absolute atomic E-state index is 2.62. The van der Waals surface area contributed by atoms with Gasteiger partial charge < -0.3 is 9.80 Å². The van der Waals surface area contributed by atoms with Crippen molar-refractivity contribution in [2.24, 2.45) is 0 Å². The van der Waals surface area contributed by atoms with Gasteiger partial charge in [-0.15, -0.1) is 47.0 Å². The molecule has 0 aromatic carbocycles. The maximum atomic E-state index is 2.62. The molecule has 4 heterocycles. The highest BCUT2D eigenvalue weighted by atomic mass is 32.3. The number of hydrogen-bond acceptors (Lipinski definition) is 10. The number of fused-ring (bicyclic) bond motifs is 4. The van der Waals surface area contributed by atoms with Gasteiger partial charge in [-0.25, -0.2) is 0 Å². The van der Waals surface area contributed by atoms with Crippen LogP contribution in [0.4, 0.5) is 0 Å². The predicted octanol–water partition coefficient (Wildman–Crippen LogP) is 6.93. The summed E-state index contributed by atoms with van der Waals surface area (Å²) in [6.07, 6.45) is 0. The minimum atomic E-state index is 1.16. The van der Waals surface area contributed by atoms with E-state index in [1.165, 1.54) is 57.7 Å². The van der Waals surface area contributed by atoms with Crippen molar-refractivity contribution in [1.29, 1.82) is 0 Å². The molecule has 2 nitrogen and oxygen atoms in total. The van der Waals surface area contributed by atoms with Gasteiger partial charge >= 0.3 is 0 Å². The van der Waals surface area contributed by atoms with Gasteiger partial charge in [0.2, 0.25) is 0 Å². The number of hydrogen-bond donors (Lipinski definition) is 0. The highest BCUT2D eigenvalue weighted by molar-refractivity contribution is 8.45. The molecule has 0 aliphatic carbocycles. The summed E-state index contributed by atoms with van der Waals surface area (Å²) >= 11 is 16.6. The van der Waals surface area contributed by atoms with E-state index in [1.54, 1.807) is 16.9 Å². The summed E-state index contributed by atoms with van der Waals surface area (Å²) < 4.78 is 9.31. The molecule has 28 heavy (non-hydrogen) atoms. The Morgan fingerprint density at radius 2 is 0.786 bits per heavy atom. The third-order valence-corrected chi connectivity index (χ3v) is 16.2. The van der Waals surface area contributed by atoms with Crippen LogP contribution >= 0.6 is 94.1 Å². The average Bonchev–Trinajstić information content (AvgIpc) is 3.29. The fraction of sp³-hybridized carbons (Fsp3) is 0.667. The molecule has 4 rings (SSSR count). The Balaban J connectivity index is 1.62. The van der Waals surface area contributed by atoms with Crippen LogP contribution in [0.15, 0.2) is 25.4 Å². The van der Waals surface area contributed by atoms with Crippen LogP contribution in [0.2, 0.25) is 0 Å². The summed E-state index contributed by atoms with van der Waals surface area (Å²) in [5, 5.41) is 0. The van der Waals surface area contributed by atoms with Crippen LogP contribution in [-0.2, 0) is 0 Å². The highest BCUT2D eigenvalue weighted by Crippen LogP contribution is 2.66. The normalized spacial score (nSPS) is 26.4. The molecule has 4 aliphatic heterocycles. The van der Waals surface area contributed by atoms with Crippen molar-refractivity contribution in [1.82, 2.24) is 9.80 Å². The van der Waals surface area contributed by atoms with E-state index in [2.05, 4.69) is 70.7 Å². The van der Waals surface area contributed by atoms with E-state index in [1.807, 2.05) is 47.0 Å². The van der Waals surface area contributed by atoms with Gasteiger partial charge in [0.25, 0.3) is 0 Å². The molecule has 0 N–H and O–H groups in total. The lowest BCUT2D eigenvalue weighted by molar-refractivity contribution is 0.326. The maximum Gasteiger partial charge on any atom is 0.0717 e. The molecule has 4 aliphatic rings. The average molecular weight is 527 g/mol. The first kappa shape index (κ1) is 23.1. The highest BCUT2D eigenvalue weighted by Gasteiger charge is 2.31. The summed E-state index contributed by atoms with van der Waals surface area (Å²) in [6.45, 7) is 11.7. The van der Waals surface area contributed by atoms with Crippen LogP contribution in [0.1, 0.15) is 13.8 Å². The van der Waals surface area contributed by atoms with Crippen LogP contribution < -0.4 is 0 Å². The fourth-order valence-electron chi connectivity index (χ4n) is 2.99. The number of rotatable bonds is 2. The molecule has 0 aromatic rings. The lowest BCUT2D eigenvalue weighted by Crippen LogP contribution is -2.28. The lowest BCUT2D eigenvalue weighted by Gasteiger charge is -2.21. The first-order chi connectivity index (χ1) is 13.8. The molecule has 156 valence electrons. The second kappa shape index (κ2) is 11.7. The Labute approximate surface area is 203 Å². The van der Waals surface area contributed by atoms with Crippen molar-refractivity contribution in [3.63, 3.8) is 0 Å². The molecule has 0 amide bonds. The molecule has 6 bridgehead atoms. The Bertz CT molecular complexity index is 570. The van der Waals surface area contributed by atoms with Crippen LogP contribution in [0.3, 0.4) is 0 Å². The van der Waals surface area contributed by atoms with E-state index >= 15 is 0 Å². The zero-order valence-corrected chi connectivity index (χ0v) is 22.8. The molecule has 0 saturated heterocycles. The molecule has 0 spiro atoms. The van der Waals surface area contributed by atoms with Gasteiger partial charge in [0, 0.05) is 49.2 Å². The Morgan fingerprint density at radius 3 is 1.04 bits per heavy atom. The van der Waals surface area contributed by atoms with Crippen molar-refractivity contribution < 1.29 is 0 Å². The summed E-state index contributed by atoms with van der Waals surface area (Å²) in [7, 11) is 0. The van der Waals surface area contributed by atoms with E-state index in [0.717, 1.165) is 13.1 Å². The van der Waals surface area contributed by atoms with E-state index in [-0.39, 0.29) is 0 Å². The third kappa shape index (κ3) is 6.04. The van der Waals surface area contributed by atoms with Gasteiger partial charge in [0.1, 0.15) is 0 Å². The summed E-state index contributed by atoms with van der Waals surface area (Å²) in [5.41, 5.74) is 0. The largest absolute Gasteiger partial charge is 0.302 e. The smallest absolute Gasteiger partial charge is 0.0717 e. The van der Waals surface area contributed by atoms with Crippen molar-refractivity contribution in [3.8, 4) is 0 Å². The molecule has 0 aromatic heterocycles. The topological polar surface area (TPSA) is 6.48 Å². The van der Waals surface area contributed by atoms with Gasteiger partial charge in [-0.2, -0.15) is 0 Å². The van der Waals surface area contributed by atoms with Crippen LogP contribution in [0.5, 0.6) is 0 Å². The molecular formula is C18H26N2S8. The molecule has 0 atom stereocenters. The van der Waals surface area contributed by atoms with Crippen LogP contribution in [-0.4, -0.2) is 72.1 Å². The fourth-order valence-corrected chi connectivity index (χ4v) is 15.3. The zero-order valence-electron chi connectivity index (χ0n) is 16.2. The summed E-state index contributed by atoms with van der Waals surface area (Å²) in [6, 6.07) is 0. The van der Waals surface area contributed by atoms with E-state index in [4.69, 9.17) is 0 Å². The second-order valence-corrected chi connectivity index (χ2v) is 16.4. The standard InChI is InChI=1S/C18H26N2S8/c1-3-19-5-9-21-13-15-23-11-7-20(4-2)8-12-24-16-14(22-10-6-19)26-18(28-16)17(25-13)27-15/h3-12H2,1-2H3. The SMILES string of the molecule is CCN1CCSC2=C3SCCN(CC)CCSC4=C(SCC1)SC(=C(S2)S3)S4. The van der Waals surface area contributed by atoms with Crippen molar-refractivity contribution in [3.05, 3.63) is 25.4 Å². The minimum absolute atomic E-state index is 1.16. The van der Waals surface area contributed by atoms with Gasteiger partial charge in [-0.3, -0.25) is 0 Å². The lowest BCUT2D eigenvalue weighted by atomic mass is 10.5. The molecule has 0 saturated carbocycles. The number of thioether (sulfide) groups is 8. The zero-order chi connectivity index (χ0) is 19.3. The predicted molar refractivity (Wildman–Crippen MR) is 146 cm³/mol. The molecule has 0 fully saturated rings. The van der Waals surface area contributed by atoms with Crippen LogP contribution in [0, 0.1) is 0 Å². The van der Waals surface area contributed by atoms with E-state index < -0.39 is 0 Å². The summed E-state index contributed by atoms with van der Waals surface area (Å²) in [4.78, 5) is 5.24. The second-order valence-electron chi connectivity index (χ2n) is 6.40. The number of nitrogens with zero attached hydrogens (tertiary/aromatic N) is 2. The van der Waals surface area contributed by atoms with Crippen molar-refractivity contribution in [2.45, 2.75) is 13.8 Å². The van der Waals surface area contributed by atoms with E-state index in [9.17, 15) is 0 Å². The van der Waals surface area contributed by atoms with Gasteiger partial charge in [0.15, 0.2) is 0 Å². The minimum Gasteiger partial charge on any atom is -0.302 e. The Kier molecular flexibility index (Phi) is 9.66. The first-order valence-corrected chi connectivity index (χ1v) is 16.9. The Morgan fingerprint density at radius 1 is 0.500 bits per heavy atom. The molecule has 10 heteroatoms. The van der Waals surface area contributed by atoms with Crippen molar-refractivity contribution in [2.75, 3.05) is 62.3 Å². The van der Waals surface area contributed by atoms with E-state index in [0.29, 0.717) is 0 Å². The van der Waals surface area contributed by atoms with Gasteiger partial charge in [-0.05, 0) is 13.1 Å². The molecule has 0 unspecified atom stereocenters. The monoisotopic (exact) mass is 526 g/mol. The third-order valence-electron chi connectivity index (χ3n) is 4.70.